The summed E-state index contributed by atoms with van der Waals surface area (Å²) in [5.74, 6) is 0.151. The summed E-state index contributed by atoms with van der Waals surface area (Å²) in [6, 6.07) is 0. The molecule has 3 nitrogen and oxygen atoms in total. The molecule has 3 heteroatoms. The quantitative estimate of drug-likeness (QED) is 0.530. The molecule has 1 N–H and O–H groups in total. The minimum absolute atomic E-state index is 0.000139. The van der Waals surface area contributed by atoms with Gasteiger partial charge in [-0.05, 0) is 43.9 Å². The SMILES string of the molecule is C=C1C(=O)O[C@@H]2C[C@@]3(C)CCC[C@@](C)(O)[C@H]3C[C@H]12. The maximum absolute atomic E-state index is 11.6. The summed E-state index contributed by atoms with van der Waals surface area (Å²) in [4.78, 5) is 11.6. The highest BCUT2D eigenvalue weighted by molar-refractivity contribution is 5.90. The maximum Gasteiger partial charge on any atom is 0.334 e. The molecule has 2 aliphatic carbocycles. The minimum atomic E-state index is -0.607. The average molecular weight is 250 g/mol. The lowest BCUT2D eigenvalue weighted by Gasteiger charge is -2.54. The molecule has 18 heavy (non-hydrogen) atoms. The van der Waals surface area contributed by atoms with Gasteiger partial charge in [0.05, 0.1) is 5.60 Å². The molecule has 0 aromatic heterocycles. The first-order chi connectivity index (χ1) is 8.33. The van der Waals surface area contributed by atoms with Crippen molar-refractivity contribution in [2.45, 2.75) is 57.7 Å². The second-order valence-electron chi connectivity index (χ2n) is 6.93. The number of carbonyl (C=O) groups is 1. The molecule has 3 aliphatic rings. The zero-order chi connectivity index (χ0) is 13.1. The zero-order valence-electron chi connectivity index (χ0n) is 11.2. The summed E-state index contributed by atoms with van der Waals surface area (Å²) < 4.78 is 5.44. The predicted octanol–water partition coefficient (Wildman–Crippen LogP) is 2.44. The Morgan fingerprint density at radius 3 is 2.83 bits per heavy atom. The Hall–Kier alpha value is -0.830. The van der Waals surface area contributed by atoms with Crippen molar-refractivity contribution < 1.29 is 14.6 Å². The van der Waals surface area contributed by atoms with Crippen LogP contribution in [0, 0.1) is 17.3 Å². The van der Waals surface area contributed by atoms with Crippen molar-refractivity contribution in [3.63, 3.8) is 0 Å². The van der Waals surface area contributed by atoms with Crippen LogP contribution in [-0.2, 0) is 9.53 Å². The van der Waals surface area contributed by atoms with Crippen molar-refractivity contribution in [2.75, 3.05) is 0 Å². The third kappa shape index (κ3) is 1.56. The fourth-order valence-electron chi connectivity index (χ4n) is 4.59. The van der Waals surface area contributed by atoms with E-state index in [9.17, 15) is 9.90 Å². The summed E-state index contributed by atoms with van der Waals surface area (Å²) in [5.41, 5.74) is 0.112. The Morgan fingerprint density at radius 1 is 1.39 bits per heavy atom. The third-order valence-corrected chi connectivity index (χ3v) is 5.60. The highest BCUT2D eigenvalue weighted by Crippen LogP contribution is 2.58. The number of aliphatic hydroxyl groups is 1. The van der Waals surface area contributed by atoms with Crippen molar-refractivity contribution >= 4 is 5.97 Å². The highest BCUT2D eigenvalue weighted by Gasteiger charge is 2.57. The highest BCUT2D eigenvalue weighted by atomic mass is 16.6. The van der Waals surface area contributed by atoms with E-state index in [-0.39, 0.29) is 29.3 Å². The van der Waals surface area contributed by atoms with E-state index in [1.807, 2.05) is 6.92 Å². The summed E-state index contributed by atoms with van der Waals surface area (Å²) in [6.07, 6.45) is 4.78. The van der Waals surface area contributed by atoms with Crippen LogP contribution in [0.4, 0.5) is 0 Å². The lowest BCUT2D eigenvalue weighted by Crippen LogP contribution is -2.53. The van der Waals surface area contributed by atoms with E-state index < -0.39 is 5.60 Å². The second kappa shape index (κ2) is 3.60. The van der Waals surface area contributed by atoms with Gasteiger partial charge < -0.3 is 9.84 Å². The Morgan fingerprint density at radius 2 is 2.11 bits per heavy atom. The summed E-state index contributed by atoms with van der Waals surface area (Å²) >= 11 is 0. The molecule has 3 fully saturated rings. The molecular weight excluding hydrogens is 228 g/mol. The van der Waals surface area contributed by atoms with Gasteiger partial charge in [-0.3, -0.25) is 0 Å². The van der Waals surface area contributed by atoms with Gasteiger partial charge in [-0.2, -0.15) is 0 Å². The van der Waals surface area contributed by atoms with Crippen molar-refractivity contribution in [3.8, 4) is 0 Å². The van der Waals surface area contributed by atoms with Gasteiger partial charge in [-0.15, -0.1) is 0 Å². The Labute approximate surface area is 108 Å². The van der Waals surface area contributed by atoms with Gasteiger partial charge in [0, 0.05) is 11.5 Å². The van der Waals surface area contributed by atoms with Crippen LogP contribution in [0.3, 0.4) is 0 Å². The number of esters is 1. The van der Waals surface area contributed by atoms with Crippen LogP contribution in [0.5, 0.6) is 0 Å². The summed E-state index contributed by atoms with van der Waals surface area (Å²) in [5, 5.41) is 10.7. The monoisotopic (exact) mass is 250 g/mol. The number of hydrogen-bond donors (Lipinski definition) is 1. The van der Waals surface area contributed by atoms with Crippen LogP contribution in [0.25, 0.3) is 0 Å². The first kappa shape index (κ1) is 12.2. The molecule has 0 spiro atoms. The molecule has 3 rings (SSSR count). The first-order valence-electron chi connectivity index (χ1n) is 6.96. The molecule has 0 aromatic carbocycles. The predicted molar refractivity (Wildman–Crippen MR) is 67.8 cm³/mol. The molecule has 0 unspecified atom stereocenters. The number of rotatable bonds is 0. The summed E-state index contributed by atoms with van der Waals surface area (Å²) in [6.45, 7) is 8.07. The van der Waals surface area contributed by atoms with Crippen LogP contribution in [0.15, 0.2) is 12.2 Å². The number of hydrogen-bond acceptors (Lipinski definition) is 3. The van der Waals surface area contributed by atoms with Gasteiger partial charge in [-0.25, -0.2) is 4.79 Å². The Bertz CT molecular complexity index is 412. The molecule has 1 heterocycles. The van der Waals surface area contributed by atoms with Gasteiger partial charge in [-0.1, -0.05) is 19.9 Å². The van der Waals surface area contributed by atoms with E-state index in [2.05, 4.69) is 13.5 Å². The largest absolute Gasteiger partial charge is 0.458 e. The molecule has 2 saturated carbocycles. The van der Waals surface area contributed by atoms with Gasteiger partial charge >= 0.3 is 5.97 Å². The smallest absolute Gasteiger partial charge is 0.334 e. The molecule has 100 valence electrons. The average Bonchev–Trinajstić information content (AvgIpc) is 2.51. The lowest BCUT2D eigenvalue weighted by atomic mass is 9.52. The van der Waals surface area contributed by atoms with Crippen LogP contribution < -0.4 is 0 Å². The molecule has 0 amide bonds. The Kier molecular flexibility index (Phi) is 2.44. The maximum atomic E-state index is 11.6. The van der Waals surface area contributed by atoms with Crippen molar-refractivity contribution in [1.29, 1.82) is 0 Å². The van der Waals surface area contributed by atoms with E-state index in [1.165, 1.54) is 0 Å². The van der Waals surface area contributed by atoms with E-state index in [1.54, 1.807) is 0 Å². The molecular formula is C15H22O3. The van der Waals surface area contributed by atoms with Gasteiger partial charge in [0.1, 0.15) is 6.10 Å². The van der Waals surface area contributed by atoms with Gasteiger partial charge in [0.15, 0.2) is 0 Å². The van der Waals surface area contributed by atoms with Crippen LogP contribution >= 0.6 is 0 Å². The van der Waals surface area contributed by atoms with E-state index in [4.69, 9.17) is 4.74 Å². The van der Waals surface area contributed by atoms with Gasteiger partial charge in [0.25, 0.3) is 0 Å². The minimum Gasteiger partial charge on any atom is -0.458 e. The standard InChI is InChI=1S/C15H22O3/c1-9-10-7-12-14(2,5-4-6-15(12,3)17)8-11(10)18-13(9)16/h10-12,17H,1,4-8H2,2-3H3/t10-,11-,12+,14-,15-/m1/s1. The van der Waals surface area contributed by atoms with Crippen LogP contribution in [0.2, 0.25) is 0 Å². The number of carbonyl (C=O) groups excluding carboxylic acids is 1. The van der Waals surface area contributed by atoms with Crippen molar-refractivity contribution in [3.05, 3.63) is 12.2 Å². The fraction of sp³-hybridized carbons (Fsp3) is 0.800. The van der Waals surface area contributed by atoms with Crippen LogP contribution in [0.1, 0.15) is 46.0 Å². The number of fused-ring (bicyclic) bond motifs is 2. The topological polar surface area (TPSA) is 46.5 Å². The number of ether oxygens (including phenoxy) is 1. The molecule has 0 bridgehead atoms. The van der Waals surface area contributed by atoms with Gasteiger partial charge in [0.2, 0.25) is 0 Å². The van der Waals surface area contributed by atoms with Crippen LogP contribution in [-0.4, -0.2) is 22.8 Å². The molecule has 0 radical (unpaired) electrons. The van der Waals surface area contributed by atoms with Crippen molar-refractivity contribution in [2.24, 2.45) is 17.3 Å². The Balaban J connectivity index is 1.93. The van der Waals surface area contributed by atoms with E-state index >= 15 is 0 Å². The molecule has 5 atom stereocenters. The first-order valence-corrected chi connectivity index (χ1v) is 6.96. The lowest BCUT2D eigenvalue weighted by molar-refractivity contribution is -0.155. The normalized spacial score (nSPS) is 51.6. The second-order valence-corrected chi connectivity index (χ2v) is 6.93. The third-order valence-electron chi connectivity index (χ3n) is 5.60. The summed E-state index contributed by atoms with van der Waals surface area (Å²) in [7, 11) is 0. The molecule has 1 aliphatic heterocycles. The molecule has 0 aromatic rings. The fourth-order valence-corrected chi connectivity index (χ4v) is 4.59. The molecule has 1 saturated heterocycles. The zero-order valence-corrected chi connectivity index (χ0v) is 11.2. The van der Waals surface area contributed by atoms with E-state index in [0.29, 0.717) is 5.57 Å². The van der Waals surface area contributed by atoms with Crippen molar-refractivity contribution in [1.82, 2.24) is 0 Å². The van der Waals surface area contributed by atoms with E-state index in [0.717, 1.165) is 32.1 Å².